The molecule has 0 aromatic heterocycles. The fourth-order valence-electron chi connectivity index (χ4n) is 3.85. The van der Waals surface area contributed by atoms with E-state index in [1.807, 2.05) is 38.1 Å². The number of amides is 1. The Morgan fingerprint density at radius 2 is 1.87 bits per heavy atom. The first-order chi connectivity index (χ1) is 14.7. The topological polar surface area (TPSA) is 66.5 Å². The van der Waals surface area contributed by atoms with Gasteiger partial charge >= 0.3 is 0 Å². The number of aryl methyl sites for hydroxylation is 1. The summed E-state index contributed by atoms with van der Waals surface area (Å²) in [5, 5.41) is 3.83. The van der Waals surface area contributed by atoms with Crippen LogP contribution in [0.25, 0.3) is 0 Å². The fourth-order valence-corrected chi connectivity index (χ4v) is 5.77. The molecule has 1 heterocycles. The second kappa shape index (κ2) is 10.3. The first kappa shape index (κ1) is 24.1. The largest absolute Gasteiger partial charge is 0.349 e. The Kier molecular flexibility index (Phi) is 8.03. The highest BCUT2D eigenvalue weighted by Gasteiger charge is 2.33. The number of carbonyl (C=O) groups is 1. The van der Waals surface area contributed by atoms with E-state index in [0.717, 1.165) is 12.0 Å². The van der Waals surface area contributed by atoms with Crippen molar-refractivity contribution >= 4 is 39.1 Å². The molecule has 0 bridgehead atoms. The third kappa shape index (κ3) is 6.22. The molecule has 0 radical (unpaired) electrons. The quantitative estimate of drug-likeness (QED) is 0.595. The second-order valence-corrected chi connectivity index (χ2v) is 10.9. The maximum atomic E-state index is 13.0. The predicted molar refractivity (Wildman–Crippen MR) is 126 cm³/mol. The number of nitrogens with one attached hydrogen (secondary N) is 1. The summed E-state index contributed by atoms with van der Waals surface area (Å²) in [4.78, 5) is 13.0. The third-order valence-electron chi connectivity index (χ3n) is 5.69. The molecule has 1 aliphatic rings. The van der Waals surface area contributed by atoms with Crippen LogP contribution in [0.15, 0.2) is 42.5 Å². The average Bonchev–Trinajstić information content (AvgIpc) is 2.75. The van der Waals surface area contributed by atoms with E-state index in [4.69, 9.17) is 23.2 Å². The van der Waals surface area contributed by atoms with Crippen LogP contribution in [-0.2, 0) is 20.6 Å². The van der Waals surface area contributed by atoms with Crippen molar-refractivity contribution in [3.63, 3.8) is 0 Å². The number of hydrogen-bond donors (Lipinski definition) is 1. The summed E-state index contributed by atoms with van der Waals surface area (Å²) in [6, 6.07) is 12.9. The summed E-state index contributed by atoms with van der Waals surface area (Å²) < 4.78 is 27.4. The van der Waals surface area contributed by atoms with Crippen LogP contribution < -0.4 is 5.32 Å². The molecule has 1 N–H and O–H groups in total. The maximum absolute atomic E-state index is 13.0. The summed E-state index contributed by atoms with van der Waals surface area (Å²) >= 11 is 11.9. The molecule has 2 aromatic rings. The lowest BCUT2D eigenvalue weighted by Crippen LogP contribution is -2.46. The Balaban J connectivity index is 1.66. The minimum atomic E-state index is -3.57. The number of hydrogen-bond acceptors (Lipinski definition) is 3. The predicted octanol–water partition coefficient (Wildman–Crippen LogP) is 5.11. The van der Waals surface area contributed by atoms with Gasteiger partial charge in [-0.05, 0) is 49.4 Å². The van der Waals surface area contributed by atoms with E-state index < -0.39 is 10.0 Å². The number of nitrogens with zero attached hydrogens (tertiary/aromatic N) is 1. The highest BCUT2D eigenvalue weighted by atomic mass is 35.5. The summed E-state index contributed by atoms with van der Waals surface area (Å²) in [5.41, 5.74) is 2.80. The van der Waals surface area contributed by atoms with Crippen molar-refractivity contribution in [1.29, 1.82) is 0 Å². The fraction of sp³-hybridized carbons (Fsp3) is 0.435. The van der Waals surface area contributed by atoms with Crippen molar-refractivity contribution in [2.45, 2.75) is 44.9 Å². The van der Waals surface area contributed by atoms with Crippen molar-refractivity contribution < 1.29 is 13.2 Å². The number of halogens is 2. The highest BCUT2D eigenvalue weighted by molar-refractivity contribution is 7.88. The van der Waals surface area contributed by atoms with Crippen molar-refractivity contribution in [2.24, 2.45) is 5.92 Å². The second-order valence-electron chi connectivity index (χ2n) is 8.08. The Labute approximate surface area is 194 Å². The molecule has 0 spiro atoms. The van der Waals surface area contributed by atoms with Gasteiger partial charge in [-0.1, -0.05) is 66.0 Å². The van der Waals surface area contributed by atoms with E-state index in [2.05, 4.69) is 5.32 Å². The Bertz CT molecular complexity index is 1030. The zero-order valence-corrected chi connectivity index (χ0v) is 20.1. The van der Waals surface area contributed by atoms with Crippen molar-refractivity contribution in [3.05, 3.63) is 69.2 Å². The van der Waals surface area contributed by atoms with Gasteiger partial charge in [0.2, 0.25) is 15.9 Å². The highest BCUT2D eigenvalue weighted by Crippen LogP contribution is 2.27. The van der Waals surface area contributed by atoms with Gasteiger partial charge in [-0.3, -0.25) is 4.79 Å². The molecule has 168 valence electrons. The monoisotopic (exact) mass is 482 g/mol. The maximum Gasteiger partial charge on any atom is 0.224 e. The Morgan fingerprint density at radius 1 is 1.16 bits per heavy atom. The summed E-state index contributed by atoms with van der Waals surface area (Å²) in [7, 11) is -3.57. The van der Waals surface area contributed by atoms with Crippen LogP contribution in [0, 0.1) is 12.8 Å². The molecule has 2 atom stereocenters. The molecule has 0 saturated carbocycles. The third-order valence-corrected chi connectivity index (χ3v) is 8.24. The molecule has 3 rings (SSSR count). The molecule has 31 heavy (non-hydrogen) atoms. The van der Waals surface area contributed by atoms with Crippen LogP contribution in [-0.4, -0.2) is 31.7 Å². The zero-order valence-electron chi connectivity index (χ0n) is 17.8. The van der Waals surface area contributed by atoms with Crippen LogP contribution in [0.3, 0.4) is 0 Å². The Hall–Kier alpha value is -1.60. The van der Waals surface area contributed by atoms with Crippen LogP contribution in [0.1, 0.15) is 48.9 Å². The SMILES string of the molecule is CC[C@H](NC(=O)[C@@H]1CCCN(S(=O)(=O)Cc2ccc(Cl)c(Cl)c2)C1)c1ccc(C)cc1. The number of rotatable bonds is 7. The van der Waals surface area contributed by atoms with Gasteiger partial charge in [0.25, 0.3) is 0 Å². The van der Waals surface area contributed by atoms with E-state index in [-0.39, 0.29) is 30.2 Å². The summed E-state index contributed by atoms with van der Waals surface area (Å²) in [6.07, 6.45) is 2.09. The van der Waals surface area contributed by atoms with Gasteiger partial charge in [0.1, 0.15) is 0 Å². The Morgan fingerprint density at radius 3 is 2.52 bits per heavy atom. The number of carbonyl (C=O) groups excluding carboxylic acids is 1. The van der Waals surface area contributed by atoms with Crippen LogP contribution in [0.5, 0.6) is 0 Å². The lowest BCUT2D eigenvalue weighted by Gasteiger charge is -2.32. The van der Waals surface area contributed by atoms with Gasteiger partial charge < -0.3 is 5.32 Å². The molecule has 1 amide bonds. The first-order valence-electron chi connectivity index (χ1n) is 10.5. The van der Waals surface area contributed by atoms with E-state index in [0.29, 0.717) is 35.0 Å². The van der Waals surface area contributed by atoms with Crippen molar-refractivity contribution in [1.82, 2.24) is 9.62 Å². The van der Waals surface area contributed by atoms with Crippen LogP contribution in [0.4, 0.5) is 0 Å². The van der Waals surface area contributed by atoms with Crippen molar-refractivity contribution in [2.75, 3.05) is 13.1 Å². The molecule has 1 aliphatic heterocycles. The number of piperidine rings is 1. The van der Waals surface area contributed by atoms with Gasteiger partial charge in [-0.2, -0.15) is 0 Å². The zero-order chi connectivity index (χ0) is 22.6. The smallest absolute Gasteiger partial charge is 0.224 e. The van der Waals surface area contributed by atoms with E-state index in [1.165, 1.54) is 9.87 Å². The van der Waals surface area contributed by atoms with Gasteiger partial charge in [-0.15, -0.1) is 0 Å². The standard InChI is InChI=1S/C23H28Cl2N2O3S/c1-3-22(18-9-6-16(2)7-10-18)26-23(28)19-5-4-12-27(14-19)31(29,30)15-17-8-11-20(24)21(25)13-17/h6-11,13,19,22H,3-5,12,14-15H2,1-2H3,(H,26,28)/t19-,22+/m1/s1. The van der Waals surface area contributed by atoms with Crippen molar-refractivity contribution in [3.8, 4) is 0 Å². The summed E-state index contributed by atoms with van der Waals surface area (Å²) in [6.45, 7) is 4.67. The van der Waals surface area contributed by atoms with E-state index >= 15 is 0 Å². The molecule has 1 fully saturated rings. The molecule has 0 aliphatic carbocycles. The van der Waals surface area contributed by atoms with E-state index in [9.17, 15) is 13.2 Å². The van der Waals surface area contributed by atoms with Crippen LogP contribution in [0.2, 0.25) is 10.0 Å². The minimum absolute atomic E-state index is 0.0868. The van der Waals surface area contributed by atoms with Crippen LogP contribution >= 0.6 is 23.2 Å². The van der Waals surface area contributed by atoms with E-state index in [1.54, 1.807) is 18.2 Å². The van der Waals surface area contributed by atoms with Gasteiger partial charge in [0, 0.05) is 13.1 Å². The molecule has 5 nitrogen and oxygen atoms in total. The minimum Gasteiger partial charge on any atom is -0.349 e. The lowest BCUT2D eigenvalue weighted by atomic mass is 9.97. The summed E-state index contributed by atoms with van der Waals surface area (Å²) in [5.74, 6) is -0.627. The molecular formula is C23H28Cl2N2O3S. The van der Waals surface area contributed by atoms with Gasteiger partial charge in [0.05, 0.1) is 27.8 Å². The molecule has 1 saturated heterocycles. The lowest BCUT2D eigenvalue weighted by molar-refractivity contribution is -0.126. The van der Waals surface area contributed by atoms with Gasteiger partial charge in [-0.25, -0.2) is 12.7 Å². The van der Waals surface area contributed by atoms with Gasteiger partial charge in [0.15, 0.2) is 0 Å². The average molecular weight is 483 g/mol. The number of benzene rings is 2. The molecule has 8 heteroatoms. The number of sulfonamides is 1. The normalized spacial score (nSPS) is 18.5. The molecular weight excluding hydrogens is 455 g/mol. The molecule has 2 aromatic carbocycles. The molecule has 0 unspecified atom stereocenters. The first-order valence-corrected chi connectivity index (χ1v) is 12.8.